The molecule has 1 aliphatic rings. The number of fused-ring (bicyclic) bond motifs is 2. The quantitative estimate of drug-likeness (QED) is 0.619. The number of alkyl halides is 3. The average molecular weight is 407 g/mol. The van der Waals surface area contributed by atoms with Gasteiger partial charge in [-0.1, -0.05) is 23.7 Å². The molecule has 3 aromatic rings. The van der Waals surface area contributed by atoms with Gasteiger partial charge < -0.3 is 4.74 Å². The second kappa shape index (κ2) is 6.98. The monoisotopic (exact) mass is 406 g/mol. The Morgan fingerprint density at radius 1 is 1.18 bits per heavy atom. The molecule has 0 spiro atoms. The Morgan fingerprint density at radius 2 is 1.93 bits per heavy atom. The van der Waals surface area contributed by atoms with Crippen LogP contribution in [-0.4, -0.2) is 22.3 Å². The largest absolute Gasteiger partial charge is 0.484 e. The molecule has 0 saturated heterocycles. The van der Waals surface area contributed by atoms with Crippen molar-refractivity contribution in [3.8, 4) is 5.75 Å². The van der Waals surface area contributed by atoms with Crippen molar-refractivity contribution >= 4 is 34.2 Å². The summed E-state index contributed by atoms with van der Waals surface area (Å²) in [6.07, 6.45) is -1.87. The molecule has 0 fully saturated rings. The molecule has 1 aliphatic heterocycles. The number of hydrogen-bond donors (Lipinski definition) is 0. The standard InChI is InChI=1S/C20H14ClF3N2O2/c21-14-3-6-16-17(10-14)25-18-13(7-8-26(18)19(16)27)9-12-1-4-15(5-2-12)28-11-20(22,23)24/h1-6,9-10H,7-8,11H2. The third-order valence-electron chi connectivity index (χ3n) is 4.43. The Hall–Kier alpha value is -2.80. The maximum atomic E-state index is 12.7. The van der Waals surface area contributed by atoms with Gasteiger partial charge >= 0.3 is 6.18 Å². The molecule has 0 saturated carbocycles. The lowest BCUT2D eigenvalue weighted by molar-refractivity contribution is -0.153. The van der Waals surface area contributed by atoms with Crippen LogP contribution in [0.15, 0.2) is 47.3 Å². The van der Waals surface area contributed by atoms with Crippen LogP contribution >= 0.6 is 11.6 Å². The van der Waals surface area contributed by atoms with E-state index < -0.39 is 12.8 Å². The summed E-state index contributed by atoms with van der Waals surface area (Å²) in [6, 6.07) is 11.3. The number of hydrogen-bond acceptors (Lipinski definition) is 3. The second-order valence-corrected chi connectivity index (χ2v) is 6.88. The van der Waals surface area contributed by atoms with Crippen LogP contribution in [0.1, 0.15) is 17.8 Å². The number of allylic oxidation sites excluding steroid dienone is 1. The first-order valence-corrected chi connectivity index (χ1v) is 8.89. The fourth-order valence-corrected chi connectivity index (χ4v) is 3.32. The minimum absolute atomic E-state index is 0.115. The van der Waals surface area contributed by atoms with Crippen molar-refractivity contribution in [3.63, 3.8) is 0 Å². The maximum absolute atomic E-state index is 12.7. The molecule has 0 aliphatic carbocycles. The molecule has 0 atom stereocenters. The molecule has 1 aromatic heterocycles. The van der Waals surface area contributed by atoms with Crippen molar-refractivity contribution in [1.29, 1.82) is 0 Å². The van der Waals surface area contributed by atoms with Gasteiger partial charge in [-0.05, 0) is 54.0 Å². The zero-order valence-corrected chi connectivity index (χ0v) is 15.2. The molecular weight excluding hydrogens is 393 g/mol. The van der Waals surface area contributed by atoms with E-state index in [1.165, 1.54) is 12.1 Å². The van der Waals surface area contributed by atoms with E-state index in [-0.39, 0.29) is 11.3 Å². The van der Waals surface area contributed by atoms with Crippen LogP contribution in [0.2, 0.25) is 5.02 Å². The molecule has 0 unspecified atom stereocenters. The summed E-state index contributed by atoms with van der Waals surface area (Å²) < 4.78 is 43.0. The van der Waals surface area contributed by atoms with Crippen molar-refractivity contribution in [3.05, 3.63) is 69.2 Å². The highest BCUT2D eigenvalue weighted by Crippen LogP contribution is 2.28. The van der Waals surface area contributed by atoms with Gasteiger partial charge in [0.2, 0.25) is 0 Å². The van der Waals surface area contributed by atoms with E-state index in [1.54, 1.807) is 34.9 Å². The third kappa shape index (κ3) is 3.75. The number of nitrogens with zero attached hydrogens (tertiary/aromatic N) is 2. The summed E-state index contributed by atoms with van der Waals surface area (Å²) in [7, 11) is 0. The molecule has 0 bridgehead atoms. The van der Waals surface area contributed by atoms with Crippen LogP contribution < -0.4 is 10.3 Å². The van der Waals surface area contributed by atoms with Crippen molar-refractivity contribution in [2.24, 2.45) is 0 Å². The van der Waals surface area contributed by atoms with Crippen LogP contribution in [0.5, 0.6) is 5.75 Å². The van der Waals surface area contributed by atoms with Crippen LogP contribution in [0.25, 0.3) is 22.6 Å². The number of aromatic nitrogens is 2. The van der Waals surface area contributed by atoms with Crippen LogP contribution in [-0.2, 0) is 6.54 Å². The Kier molecular flexibility index (Phi) is 4.63. The predicted molar refractivity (Wildman–Crippen MR) is 101 cm³/mol. The van der Waals surface area contributed by atoms with Gasteiger partial charge in [-0.15, -0.1) is 0 Å². The molecule has 0 radical (unpaired) electrons. The second-order valence-electron chi connectivity index (χ2n) is 6.45. The maximum Gasteiger partial charge on any atom is 0.422 e. The summed E-state index contributed by atoms with van der Waals surface area (Å²) >= 11 is 6.01. The fourth-order valence-electron chi connectivity index (χ4n) is 3.15. The van der Waals surface area contributed by atoms with Crippen LogP contribution in [0.4, 0.5) is 13.2 Å². The molecular formula is C20H14ClF3N2O2. The lowest BCUT2D eigenvalue weighted by atomic mass is 10.1. The molecule has 28 heavy (non-hydrogen) atoms. The Morgan fingerprint density at radius 3 is 2.64 bits per heavy atom. The topological polar surface area (TPSA) is 44.1 Å². The molecule has 144 valence electrons. The van der Waals surface area contributed by atoms with Crippen molar-refractivity contribution in [2.45, 2.75) is 19.1 Å². The van der Waals surface area contributed by atoms with Crippen molar-refractivity contribution in [1.82, 2.24) is 9.55 Å². The van der Waals surface area contributed by atoms with E-state index in [2.05, 4.69) is 4.98 Å². The highest BCUT2D eigenvalue weighted by atomic mass is 35.5. The van der Waals surface area contributed by atoms with Gasteiger partial charge in [0, 0.05) is 11.6 Å². The average Bonchev–Trinajstić information content (AvgIpc) is 3.03. The number of benzene rings is 2. The summed E-state index contributed by atoms with van der Waals surface area (Å²) in [6.45, 7) is -0.804. The first kappa shape index (κ1) is 18.6. The van der Waals surface area contributed by atoms with Gasteiger partial charge in [0.1, 0.15) is 11.6 Å². The van der Waals surface area contributed by atoms with E-state index in [9.17, 15) is 18.0 Å². The van der Waals surface area contributed by atoms with E-state index in [0.29, 0.717) is 34.7 Å². The molecule has 0 N–H and O–H groups in total. The molecule has 2 aromatic carbocycles. The first-order chi connectivity index (χ1) is 13.3. The first-order valence-electron chi connectivity index (χ1n) is 8.51. The minimum atomic E-state index is -4.38. The van der Waals surface area contributed by atoms with Gasteiger partial charge in [0.15, 0.2) is 6.61 Å². The smallest absolute Gasteiger partial charge is 0.422 e. The van der Waals surface area contributed by atoms with Crippen molar-refractivity contribution in [2.75, 3.05) is 6.61 Å². The molecule has 0 amide bonds. The highest BCUT2D eigenvalue weighted by molar-refractivity contribution is 6.31. The predicted octanol–water partition coefficient (Wildman–Crippen LogP) is 4.94. The number of halogens is 4. The van der Waals surface area contributed by atoms with Crippen molar-refractivity contribution < 1.29 is 17.9 Å². The van der Waals surface area contributed by atoms with Crippen LogP contribution in [0, 0.1) is 0 Å². The van der Waals surface area contributed by atoms with Gasteiger partial charge in [-0.2, -0.15) is 13.2 Å². The SMILES string of the molecule is O=c1c2ccc(Cl)cc2nc2n1CCC2=Cc1ccc(OCC(F)(F)F)cc1. The normalized spacial score (nSPS) is 15.2. The number of ether oxygens (including phenoxy) is 1. The highest BCUT2D eigenvalue weighted by Gasteiger charge is 2.28. The fraction of sp³-hybridized carbons (Fsp3) is 0.200. The lowest BCUT2D eigenvalue weighted by Gasteiger charge is -2.09. The molecule has 4 nitrogen and oxygen atoms in total. The summed E-state index contributed by atoms with van der Waals surface area (Å²) in [4.78, 5) is 17.3. The molecule has 4 rings (SSSR count). The number of rotatable bonds is 3. The summed E-state index contributed by atoms with van der Waals surface area (Å²) in [5.41, 5.74) is 2.08. The van der Waals surface area contributed by atoms with E-state index in [1.807, 2.05) is 6.08 Å². The van der Waals surface area contributed by atoms with E-state index in [4.69, 9.17) is 16.3 Å². The Labute approximate surface area is 162 Å². The Balaban J connectivity index is 1.64. The summed E-state index contributed by atoms with van der Waals surface area (Å²) in [5, 5.41) is 1.02. The zero-order chi connectivity index (χ0) is 19.9. The van der Waals surface area contributed by atoms with Gasteiger partial charge in [-0.25, -0.2) is 4.98 Å². The molecule has 8 heteroatoms. The van der Waals surface area contributed by atoms with Gasteiger partial charge in [0.25, 0.3) is 5.56 Å². The third-order valence-corrected chi connectivity index (χ3v) is 4.67. The van der Waals surface area contributed by atoms with E-state index in [0.717, 1.165) is 11.1 Å². The molecule has 2 heterocycles. The van der Waals surface area contributed by atoms with Gasteiger partial charge in [-0.3, -0.25) is 9.36 Å². The summed E-state index contributed by atoms with van der Waals surface area (Å²) in [5.74, 6) is 0.721. The minimum Gasteiger partial charge on any atom is -0.484 e. The van der Waals surface area contributed by atoms with Crippen LogP contribution in [0.3, 0.4) is 0 Å². The van der Waals surface area contributed by atoms with E-state index >= 15 is 0 Å². The van der Waals surface area contributed by atoms with Gasteiger partial charge in [0.05, 0.1) is 10.9 Å². The Bertz CT molecular complexity index is 1140. The lowest BCUT2D eigenvalue weighted by Crippen LogP contribution is -2.20. The zero-order valence-electron chi connectivity index (χ0n) is 14.5.